The van der Waals surface area contributed by atoms with Crippen molar-refractivity contribution in [1.82, 2.24) is 15.5 Å². The van der Waals surface area contributed by atoms with E-state index in [1.165, 1.54) is 0 Å². The third kappa shape index (κ3) is 6.83. The molecule has 18 heavy (non-hydrogen) atoms. The molecule has 0 aliphatic heterocycles. The van der Waals surface area contributed by atoms with E-state index in [9.17, 15) is 0 Å². The third-order valence-electron chi connectivity index (χ3n) is 2.17. The van der Waals surface area contributed by atoms with Crippen molar-refractivity contribution in [3.05, 3.63) is 5.89 Å². The summed E-state index contributed by atoms with van der Waals surface area (Å²) in [6.07, 6.45) is 1.10. The Labute approximate surface area is 112 Å². The summed E-state index contributed by atoms with van der Waals surface area (Å²) >= 11 is 1.94. The number of methoxy groups -OCH3 is 1. The van der Waals surface area contributed by atoms with Gasteiger partial charge in [-0.3, -0.25) is 0 Å². The monoisotopic (exact) mass is 274 g/mol. The molecule has 0 spiro atoms. The number of thioether (sulfide) groups is 1. The quantitative estimate of drug-likeness (QED) is 0.590. The zero-order valence-electron chi connectivity index (χ0n) is 11.1. The van der Waals surface area contributed by atoms with Crippen LogP contribution in [0.1, 0.15) is 19.2 Å². The second kappa shape index (κ2) is 10.2. The summed E-state index contributed by atoms with van der Waals surface area (Å²) < 4.78 is 10.4. The summed E-state index contributed by atoms with van der Waals surface area (Å²) in [7, 11) is 1.67. The molecule has 2 N–H and O–H groups in total. The molecule has 0 fully saturated rings. The highest BCUT2D eigenvalue weighted by molar-refractivity contribution is 7.99. The Balaban J connectivity index is 2.10. The van der Waals surface area contributed by atoms with Crippen molar-refractivity contribution in [2.45, 2.75) is 19.9 Å². The molecule has 0 aliphatic carbocycles. The minimum absolute atomic E-state index is 0.500. The van der Waals surface area contributed by atoms with Crippen LogP contribution in [0.2, 0.25) is 0 Å². The van der Waals surface area contributed by atoms with Crippen molar-refractivity contribution in [3.63, 3.8) is 0 Å². The minimum Gasteiger partial charge on any atom is -0.407 e. The van der Waals surface area contributed by atoms with E-state index in [1.807, 2.05) is 11.8 Å². The molecule has 7 heteroatoms. The van der Waals surface area contributed by atoms with Crippen LogP contribution in [-0.2, 0) is 11.3 Å². The maximum absolute atomic E-state index is 5.43. The molecule has 0 unspecified atom stereocenters. The number of rotatable bonds is 11. The number of nitrogens with one attached hydrogen (secondary N) is 2. The Bertz CT molecular complexity index is 309. The first kappa shape index (κ1) is 15.3. The van der Waals surface area contributed by atoms with Crippen LogP contribution in [0.3, 0.4) is 0 Å². The molecule has 0 bridgehead atoms. The Hall–Kier alpha value is -0.790. The van der Waals surface area contributed by atoms with Gasteiger partial charge in [0.05, 0.1) is 13.2 Å². The summed E-state index contributed by atoms with van der Waals surface area (Å²) in [4.78, 5) is 0. The van der Waals surface area contributed by atoms with Gasteiger partial charge in [0.2, 0.25) is 5.89 Å². The second-order valence-electron chi connectivity index (χ2n) is 3.65. The van der Waals surface area contributed by atoms with Gasteiger partial charge in [0.1, 0.15) is 0 Å². The van der Waals surface area contributed by atoms with Crippen LogP contribution in [0.15, 0.2) is 4.42 Å². The van der Waals surface area contributed by atoms with Crippen LogP contribution in [0.5, 0.6) is 0 Å². The Morgan fingerprint density at radius 3 is 3.00 bits per heavy atom. The van der Waals surface area contributed by atoms with Crippen LogP contribution in [0.25, 0.3) is 0 Å². The predicted molar refractivity (Wildman–Crippen MR) is 74.0 cm³/mol. The average molecular weight is 274 g/mol. The molecule has 0 saturated carbocycles. The van der Waals surface area contributed by atoms with Gasteiger partial charge in [-0.2, -0.15) is 11.8 Å². The minimum atomic E-state index is 0.500. The lowest BCUT2D eigenvalue weighted by atomic mass is 10.5. The number of aromatic nitrogens is 2. The van der Waals surface area contributed by atoms with E-state index in [0.717, 1.165) is 31.0 Å². The lowest BCUT2D eigenvalue weighted by Crippen LogP contribution is -2.18. The van der Waals surface area contributed by atoms with E-state index < -0.39 is 0 Å². The number of nitrogens with zero attached hydrogens (tertiary/aromatic N) is 2. The molecule has 0 aromatic carbocycles. The maximum atomic E-state index is 5.43. The van der Waals surface area contributed by atoms with Gasteiger partial charge in [0, 0.05) is 20.2 Å². The molecule has 104 valence electrons. The predicted octanol–water partition coefficient (Wildman–Crippen LogP) is 1.36. The van der Waals surface area contributed by atoms with Crippen LogP contribution in [-0.4, -0.2) is 48.5 Å². The summed E-state index contributed by atoms with van der Waals surface area (Å²) in [5, 5.41) is 14.1. The Kier molecular flexibility index (Phi) is 8.62. The van der Waals surface area contributed by atoms with Crippen LogP contribution >= 0.6 is 11.8 Å². The molecule has 0 aliphatic rings. The van der Waals surface area contributed by atoms with Crippen molar-refractivity contribution >= 4 is 17.8 Å². The second-order valence-corrected chi connectivity index (χ2v) is 5.04. The van der Waals surface area contributed by atoms with Crippen LogP contribution < -0.4 is 10.6 Å². The largest absolute Gasteiger partial charge is 0.407 e. The van der Waals surface area contributed by atoms with Crippen molar-refractivity contribution in [3.8, 4) is 0 Å². The molecule has 0 atom stereocenters. The van der Waals surface area contributed by atoms with Gasteiger partial charge in [-0.1, -0.05) is 12.0 Å². The molecule has 0 amide bonds. The molecule has 0 saturated heterocycles. The van der Waals surface area contributed by atoms with Crippen molar-refractivity contribution in [2.75, 3.05) is 43.6 Å². The zero-order valence-corrected chi connectivity index (χ0v) is 11.9. The topological polar surface area (TPSA) is 72.2 Å². The van der Waals surface area contributed by atoms with Crippen molar-refractivity contribution < 1.29 is 9.15 Å². The number of anilines is 1. The first-order valence-corrected chi connectivity index (χ1v) is 7.36. The zero-order chi connectivity index (χ0) is 13.1. The van der Waals surface area contributed by atoms with Crippen LogP contribution in [0.4, 0.5) is 6.01 Å². The SMILES string of the molecule is CCSCCCNc1nnc(CNCCOC)o1. The van der Waals surface area contributed by atoms with Crippen molar-refractivity contribution in [1.29, 1.82) is 0 Å². The Morgan fingerprint density at radius 1 is 1.33 bits per heavy atom. The molecule has 1 rings (SSSR count). The first-order chi connectivity index (χ1) is 8.86. The van der Waals surface area contributed by atoms with Gasteiger partial charge in [0.25, 0.3) is 0 Å². The average Bonchev–Trinajstić information content (AvgIpc) is 2.82. The molecular weight excluding hydrogens is 252 g/mol. The van der Waals surface area contributed by atoms with E-state index in [1.54, 1.807) is 7.11 Å². The van der Waals surface area contributed by atoms with Gasteiger partial charge < -0.3 is 19.8 Å². The fourth-order valence-electron chi connectivity index (χ4n) is 1.28. The molecule has 1 heterocycles. The fourth-order valence-corrected chi connectivity index (χ4v) is 1.92. The van der Waals surface area contributed by atoms with Gasteiger partial charge >= 0.3 is 6.01 Å². The lowest BCUT2D eigenvalue weighted by molar-refractivity contribution is 0.198. The van der Waals surface area contributed by atoms with E-state index in [4.69, 9.17) is 9.15 Å². The van der Waals surface area contributed by atoms with E-state index >= 15 is 0 Å². The van der Waals surface area contributed by atoms with Gasteiger partial charge in [0.15, 0.2) is 0 Å². The van der Waals surface area contributed by atoms with E-state index in [0.29, 0.717) is 25.1 Å². The molecule has 6 nitrogen and oxygen atoms in total. The number of hydrogen-bond acceptors (Lipinski definition) is 7. The third-order valence-corrected chi connectivity index (χ3v) is 3.16. The van der Waals surface area contributed by atoms with Crippen molar-refractivity contribution in [2.24, 2.45) is 0 Å². The van der Waals surface area contributed by atoms with Gasteiger partial charge in [-0.05, 0) is 17.9 Å². The summed E-state index contributed by atoms with van der Waals surface area (Å²) in [5.74, 6) is 2.91. The van der Waals surface area contributed by atoms with E-state index in [2.05, 4.69) is 27.8 Å². The standard InChI is InChI=1S/C11H22N4O2S/c1-3-18-8-4-5-13-11-15-14-10(17-11)9-12-6-7-16-2/h12H,3-9H2,1-2H3,(H,13,15). The molecular formula is C11H22N4O2S. The van der Waals surface area contributed by atoms with Crippen LogP contribution in [0, 0.1) is 0 Å². The normalized spacial score (nSPS) is 10.8. The van der Waals surface area contributed by atoms with Gasteiger partial charge in [-0.15, -0.1) is 5.10 Å². The lowest BCUT2D eigenvalue weighted by Gasteiger charge is -2.00. The van der Waals surface area contributed by atoms with Gasteiger partial charge in [-0.25, -0.2) is 0 Å². The highest BCUT2D eigenvalue weighted by atomic mass is 32.2. The highest BCUT2D eigenvalue weighted by Crippen LogP contribution is 2.06. The Morgan fingerprint density at radius 2 is 2.22 bits per heavy atom. The summed E-state index contributed by atoms with van der Waals surface area (Å²) in [6, 6.07) is 0.500. The fraction of sp³-hybridized carbons (Fsp3) is 0.818. The number of hydrogen-bond donors (Lipinski definition) is 2. The summed E-state index contributed by atoms with van der Waals surface area (Å²) in [6.45, 7) is 5.05. The summed E-state index contributed by atoms with van der Waals surface area (Å²) in [5.41, 5.74) is 0. The molecule has 1 aromatic heterocycles. The smallest absolute Gasteiger partial charge is 0.315 e. The molecule has 1 aromatic rings. The highest BCUT2D eigenvalue weighted by Gasteiger charge is 2.04. The maximum Gasteiger partial charge on any atom is 0.315 e. The first-order valence-electron chi connectivity index (χ1n) is 6.20. The molecule has 0 radical (unpaired) electrons. The number of ether oxygens (including phenoxy) is 1. The van der Waals surface area contributed by atoms with E-state index in [-0.39, 0.29) is 0 Å².